The second kappa shape index (κ2) is 8.78. The molecule has 0 aliphatic rings. The summed E-state index contributed by atoms with van der Waals surface area (Å²) in [7, 11) is 0. The Morgan fingerprint density at radius 3 is 2.24 bits per heavy atom. The van der Waals surface area contributed by atoms with E-state index < -0.39 is 11.8 Å². The van der Waals surface area contributed by atoms with Gasteiger partial charge in [0.2, 0.25) is 0 Å². The van der Waals surface area contributed by atoms with E-state index in [1.54, 1.807) is 0 Å². The number of hydrogen-bond acceptors (Lipinski definition) is 3. The summed E-state index contributed by atoms with van der Waals surface area (Å²) in [6.45, 7) is 6.54. The lowest BCUT2D eigenvalue weighted by Crippen LogP contribution is -2.37. The minimum atomic E-state index is -0.790. The van der Waals surface area contributed by atoms with Gasteiger partial charge in [-0.05, 0) is 29.5 Å². The van der Waals surface area contributed by atoms with Gasteiger partial charge in [0, 0.05) is 6.54 Å². The number of carbonyl (C=O) groups excluding carboxylic acids is 2. The predicted octanol–water partition coefficient (Wildman–Crippen LogP) is 2.88. The highest BCUT2D eigenvalue weighted by atomic mass is 16.2. The highest BCUT2D eigenvalue weighted by Crippen LogP contribution is 2.13. The van der Waals surface area contributed by atoms with Gasteiger partial charge in [-0.2, -0.15) is 5.10 Å². The molecule has 0 fully saturated rings. The highest BCUT2D eigenvalue weighted by Gasteiger charge is 2.11. The average molecular weight is 337 g/mol. The van der Waals surface area contributed by atoms with Crippen LogP contribution in [0.1, 0.15) is 42.0 Å². The largest absolute Gasteiger partial charge is 0.344 e. The van der Waals surface area contributed by atoms with Crippen LogP contribution in [0.3, 0.4) is 0 Å². The third-order valence-corrected chi connectivity index (χ3v) is 3.76. The summed E-state index contributed by atoms with van der Waals surface area (Å²) in [6, 6.07) is 15.6. The second-order valence-electron chi connectivity index (χ2n) is 6.19. The average Bonchev–Trinajstić information content (AvgIpc) is 2.61. The van der Waals surface area contributed by atoms with Gasteiger partial charge in [-0.1, -0.05) is 67.9 Å². The van der Waals surface area contributed by atoms with Crippen LogP contribution in [0.25, 0.3) is 0 Å². The van der Waals surface area contributed by atoms with Crippen molar-refractivity contribution in [2.24, 2.45) is 5.10 Å². The molecule has 130 valence electrons. The standard InChI is InChI=1S/C20H23N3O2/c1-14(2)18-10-8-17(9-11-18)13-22-23-20(25)19(24)21-12-16-6-4-15(3)5-7-16/h4-11,13-14H,12H2,1-3H3,(H,21,24)(H,23,25)/b22-13+. The Labute approximate surface area is 148 Å². The first kappa shape index (κ1) is 18.4. The van der Waals surface area contributed by atoms with Crippen molar-refractivity contribution in [3.8, 4) is 0 Å². The fourth-order valence-corrected chi connectivity index (χ4v) is 2.15. The van der Waals surface area contributed by atoms with Crippen molar-refractivity contribution in [2.45, 2.75) is 33.2 Å². The Kier molecular flexibility index (Phi) is 6.46. The van der Waals surface area contributed by atoms with E-state index in [-0.39, 0.29) is 0 Å². The minimum Gasteiger partial charge on any atom is -0.344 e. The molecule has 0 saturated heterocycles. The minimum absolute atomic E-state index is 0.299. The quantitative estimate of drug-likeness (QED) is 0.500. The van der Waals surface area contributed by atoms with E-state index in [0.717, 1.165) is 16.7 Å². The van der Waals surface area contributed by atoms with Crippen LogP contribution in [0, 0.1) is 6.92 Å². The van der Waals surface area contributed by atoms with Crippen LogP contribution in [0.2, 0.25) is 0 Å². The van der Waals surface area contributed by atoms with Crippen LogP contribution in [-0.2, 0) is 16.1 Å². The molecule has 2 amide bonds. The Morgan fingerprint density at radius 1 is 1.00 bits per heavy atom. The fraction of sp³-hybridized carbons (Fsp3) is 0.250. The summed E-state index contributed by atoms with van der Waals surface area (Å²) < 4.78 is 0. The van der Waals surface area contributed by atoms with Gasteiger partial charge in [0.25, 0.3) is 0 Å². The van der Waals surface area contributed by atoms with Crippen molar-refractivity contribution in [3.05, 3.63) is 70.8 Å². The lowest BCUT2D eigenvalue weighted by molar-refractivity contribution is -0.139. The molecule has 2 rings (SSSR count). The molecule has 2 aromatic carbocycles. The zero-order valence-electron chi connectivity index (χ0n) is 14.7. The molecule has 0 bridgehead atoms. The van der Waals surface area contributed by atoms with Crippen molar-refractivity contribution in [1.29, 1.82) is 0 Å². The number of hydrogen-bond donors (Lipinski definition) is 2. The smallest absolute Gasteiger partial charge is 0.329 e. The van der Waals surface area contributed by atoms with Crippen LogP contribution in [0.4, 0.5) is 0 Å². The highest BCUT2D eigenvalue weighted by molar-refractivity contribution is 6.35. The number of hydrazone groups is 1. The molecule has 0 spiro atoms. The van der Waals surface area contributed by atoms with E-state index in [2.05, 4.69) is 29.7 Å². The fourth-order valence-electron chi connectivity index (χ4n) is 2.15. The third-order valence-electron chi connectivity index (χ3n) is 3.76. The van der Waals surface area contributed by atoms with Gasteiger partial charge >= 0.3 is 11.8 Å². The van der Waals surface area contributed by atoms with Gasteiger partial charge in [0.15, 0.2) is 0 Å². The Bertz CT molecular complexity index is 748. The monoisotopic (exact) mass is 337 g/mol. The molecule has 0 unspecified atom stereocenters. The van der Waals surface area contributed by atoms with E-state index in [4.69, 9.17) is 0 Å². The van der Waals surface area contributed by atoms with Gasteiger partial charge in [-0.15, -0.1) is 0 Å². The summed E-state index contributed by atoms with van der Waals surface area (Å²) in [5, 5.41) is 6.38. The molecule has 5 heteroatoms. The molecule has 0 aliphatic carbocycles. The first-order chi connectivity index (χ1) is 12.0. The number of carbonyl (C=O) groups is 2. The zero-order valence-corrected chi connectivity index (χ0v) is 14.7. The molecule has 0 radical (unpaired) electrons. The Hall–Kier alpha value is -2.95. The summed E-state index contributed by atoms with van der Waals surface area (Å²) in [6.07, 6.45) is 1.51. The van der Waals surface area contributed by atoms with Crippen molar-refractivity contribution in [1.82, 2.24) is 10.7 Å². The molecular weight excluding hydrogens is 314 g/mol. The van der Waals surface area contributed by atoms with Crippen LogP contribution >= 0.6 is 0 Å². The van der Waals surface area contributed by atoms with Crippen LogP contribution < -0.4 is 10.7 Å². The number of amides is 2. The summed E-state index contributed by atoms with van der Waals surface area (Å²) in [5.74, 6) is -1.04. The van der Waals surface area contributed by atoms with Gasteiger partial charge in [0.05, 0.1) is 6.21 Å². The first-order valence-electron chi connectivity index (χ1n) is 8.22. The molecule has 5 nitrogen and oxygen atoms in total. The molecule has 2 N–H and O–H groups in total. The molecule has 0 saturated carbocycles. The Morgan fingerprint density at radius 2 is 1.64 bits per heavy atom. The number of rotatable bonds is 5. The number of nitrogens with zero attached hydrogens (tertiary/aromatic N) is 1. The topological polar surface area (TPSA) is 70.6 Å². The zero-order chi connectivity index (χ0) is 18.2. The molecular formula is C20H23N3O2. The van der Waals surface area contributed by atoms with Crippen molar-refractivity contribution in [2.75, 3.05) is 0 Å². The van der Waals surface area contributed by atoms with E-state index in [1.807, 2.05) is 55.5 Å². The van der Waals surface area contributed by atoms with Gasteiger partial charge in [0.1, 0.15) is 0 Å². The predicted molar refractivity (Wildman–Crippen MR) is 99.3 cm³/mol. The van der Waals surface area contributed by atoms with E-state index in [0.29, 0.717) is 12.5 Å². The van der Waals surface area contributed by atoms with Crippen molar-refractivity contribution >= 4 is 18.0 Å². The molecule has 2 aromatic rings. The summed E-state index contributed by atoms with van der Waals surface area (Å²) in [4.78, 5) is 23.5. The molecule has 25 heavy (non-hydrogen) atoms. The first-order valence-corrected chi connectivity index (χ1v) is 8.22. The molecule has 0 heterocycles. The normalized spacial score (nSPS) is 10.9. The van der Waals surface area contributed by atoms with Crippen LogP contribution in [0.15, 0.2) is 53.6 Å². The SMILES string of the molecule is Cc1ccc(CNC(=O)C(=O)N/N=C/c2ccc(C(C)C)cc2)cc1. The van der Waals surface area contributed by atoms with Gasteiger partial charge in [-0.3, -0.25) is 9.59 Å². The van der Waals surface area contributed by atoms with Gasteiger partial charge in [-0.25, -0.2) is 5.43 Å². The third kappa shape index (κ3) is 5.88. The molecule has 0 aliphatic heterocycles. The summed E-state index contributed by atoms with van der Waals surface area (Å²) >= 11 is 0. The van der Waals surface area contributed by atoms with E-state index in [1.165, 1.54) is 11.8 Å². The number of nitrogens with one attached hydrogen (secondary N) is 2. The van der Waals surface area contributed by atoms with Crippen molar-refractivity contribution in [3.63, 3.8) is 0 Å². The lowest BCUT2D eigenvalue weighted by Gasteiger charge is -2.05. The molecule has 0 atom stereocenters. The maximum Gasteiger partial charge on any atom is 0.329 e. The summed E-state index contributed by atoms with van der Waals surface area (Å²) in [5.41, 5.74) is 6.39. The maximum atomic E-state index is 11.7. The maximum absolute atomic E-state index is 11.7. The molecule has 0 aromatic heterocycles. The van der Waals surface area contributed by atoms with E-state index >= 15 is 0 Å². The van der Waals surface area contributed by atoms with Crippen LogP contribution in [-0.4, -0.2) is 18.0 Å². The van der Waals surface area contributed by atoms with Gasteiger partial charge < -0.3 is 5.32 Å². The van der Waals surface area contributed by atoms with Crippen molar-refractivity contribution < 1.29 is 9.59 Å². The number of benzene rings is 2. The van der Waals surface area contributed by atoms with Crippen LogP contribution in [0.5, 0.6) is 0 Å². The lowest BCUT2D eigenvalue weighted by atomic mass is 10.0. The Balaban J connectivity index is 1.80. The second-order valence-corrected chi connectivity index (χ2v) is 6.19. The number of aryl methyl sites for hydroxylation is 1. The van der Waals surface area contributed by atoms with E-state index in [9.17, 15) is 9.59 Å².